The van der Waals surface area contributed by atoms with Crippen LogP contribution in [0.1, 0.15) is 27.2 Å². The minimum Gasteiger partial charge on any atom is -0.466 e. The number of rotatable bonds is 2. The fraction of sp³-hybridized carbons (Fsp3) is 0.643. The maximum absolute atomic E-state index is 11.7. The van der Waals surface area contributed by atoms with Crippen LogP contribution in [0.2, 0.25) is 0 Å². The molecule has 2 heteroatoms. The summed E-state index contributed by atoms with van der Waals surface area (Å²) in [4.78, 5) is 11.7. The van der Waals surface area contributed by atoms with Gasteiger partial charge in [-0.05, 0) is 31.1 Å². The van der Waals surface area contributed by atoms with Gasteiger partial charge in [-0.3, -0.25) is 0 Å². The average molecular weight is 220 g/mol. The Kier molecular flexibility index (Phi) is 2.92. The van der Waals surface area contributed by atoms with Gasteiger partial charge in [-0.25, -0.2) is 4.79 Å². The number of methoxy groups -OCH3 is 1. The van der Waals surface area contributed by atoms with Crippen LogP contribution in [0.25, 0.3) is 0 Å². The van der Waals surface area contributed by atoms with Crippen molar-refractivity contribution in [2.75, 3.05) is 7.11 Å². The molecular formula is C14H20O2. The summed E-state index contributed by atoms with van der Waals surface area (Å²) >= 11 is 0. The molecule has 2 nitrogen and oxygen atoms in total. The van der Waals surface area contributed by atoms with E-state index in [2.05, 4.69) is 32.9 Å². The van der Waals surface area contributed by atoms with Crippen molar-refractivity contribution in [1.29, 1.82) is 0 Å². The zero-order valence-corrected chi connectivity index (χ0v) is 10.5. The summed E-state index contributed by atoms with van der Waals surface area (Å²) < 4.78 is 4.87. The van der Waals surface area contributed by atoms with Gasteiger partial charge < -0.3 is 4.74 Å². The Morgan fingerprint density at radius 3 is 2.62 bits per heavy atom. The molecule has 3 atom stereocenters. The molecule has 3 aliphatic carbocycles. The molecule has 3 rings (SSSR count). The van der Waals surface area contributed by atoms with Gasteiger partial charge in [0, 0.05) is 11.5 Å². The zero-order valence-electron chi connectivity index (χ0n) is 10.5. The molecule has 0 heterocycles. The number of carbonyl (C=O) groups excluding carboxylic acids is 1. The van der Waals surface area contributed by atoms with Crippen molar-refractivity contribution in [2.24, 2.45) is 23.7 Å². The lowest BCUT2D eigenvalue weighted by Crippen LogP contribution is -2.35. The lowest BCUT2D eigenvalue weighted by molar-refractivity contribution is -0.137. The van der Waals surface area contributed by atoms with Gasteiger partial charge in [-0.2, -0.15) is 0 Å². The number of fused-ring (bicyclic) bond motifs is 1. The van der Waals surface area contributed by atoms with Crippen LogP contribution in [0, 0.1) is 23.7 Å². The summed E-state index contributed by atoms with van der Waals surface area (Å²) in [7, 11) is 1.46. The molecule has 0 spiro atoms. The third-order valence-electron chi connectivity index (χ3n) is 4.03. The minimum atomic E-state index is -0.149. The van der Waals surface area contributed by atoms with Crippen molar-refractivity contribution in [2.45, 2.75) is 27.2 Å². The van der Waals surface area contributed by atoms with E-state index < -0.39 is 0 Å². The lowest BCUT2D eigenvalue weighted by Gasteiger charge is -2.41. The number of ether oxygens (including phenoxy) is 1. The van der Waals surface area contributed by atoms with Gasteiger partial charge >= 0.3 is 5.97 Å². The minimum absolute atomic E-state index is 0.149. The molecule has 0 N–H and O–H groups in total. The molecule has 0 radical (unpaired) electrons. The van der Waals surface area contributed by atoms with E-state index in [1.54, 1.807) is 0 Å². The molecule has 0 aromatic carbocycles. The Hall–Kier alpha value is -1.05. The molecule has 0 aliphatic heterocycles. The van der Waals surface area contributed by atoms with Gasteiger partial charge in [-0.15, -0.1) is 0 Å². The standard InChI is InChI=1S/C14H20O2/c1-8(2)11-6-10-7-13(14(15)16-4)12(11)5-9(10)3/h5,7-8,10-12H,6H2,1-4H3/t10-,11-,12+/m1/s1. The van der Waals surface area contributed by atoms with Crippen LogP contribution in [0.5, 0.6) is 0 Å². The summed E-state index contributed by atoms with van der Waals surface area (Å²) in [6.45, 7) is 6.64. The molecule has 3 aliphatic rings. The van der Waals surface area contributed by atoms with E-state index in [0.717, 1.165) is 5.57 Å². The zero-order chi connectivity index (χ0) is 11.9. The highest BCUT2D eigenvalue weighted by molar-refractivity contribution is 5.90. The van der Waals surface area contributed by atoms with Gasteiger partial charge in [0.25, 0.3) is 0 Å². The SMILES string of the molecule is COC(=O)C1=C[C@H]2C[C@H](C(C)C)[C@@H]1C=C2C. The van der Waals surface area contributed by atoms with Crippen molar-refractivity contribution in [1.82, 2.24) is 0 Å². The average Bonchev–Trinajstić information content (AvgIpc) is 2.27. The Labute approximate surface area is 97.4 Å². The molecule has 0 amide bonds. The molecule has 0 saturated carbocycles. The van der Waals surface area contributed by atoms with Gasteiger partial charge in [0.1, 0.15) is 0 Å². The Balaban J connectivity index is 2.32. The van der Waals surface area contributed by atoms with Crippen LogP contribution in [-0.2, 0) is 9.53 Å². The van der Waals surface area contributed by atoms with Gasteiger partial charge in [0.2, 0.25) is 0 Å². The second kappa shape index (κ2) is 4.08. The van der Waals surface area contributed by atoms with E-state index in [1.807, 2.05) is 0 Å². The molecule has 0 aromatic rings. The summed E-state index contributed by atoms with van der Waals surface area (Å²) in [5.74, 6) is 1.78. The first-order valence-electron chi connectivity index (χ1n) is 6.03. The smallest absolute Gasteiger partial charge is 0.334 e. The highest BCUT2D eigenvalue weighted by Gasteiger charge is 2.39. The second-order valence-corrected chi connectivity index (χ2v) is 5.30. The van der Waals surface area contributed by atoms with E-state index >= 15 is 0 Å². The fourth-order valence-corrected chi connectivity index (χ4v) is 3.01. The maximum atomic E-state index is 11.7. The lowest BCUT2D eigenvalue weighted by atomic mass is 9.63. The van der Waals surface area contributed by atoms with Gasteiger partial charge in [0.15, 0.2) is 0 Å². The first-order chi connectivity index (χ1) is 7.54. The summed E-state index contributed by atoms with van der Waals surface area (Å²) in [5.41, 5.74) is 2.29. The van der Waals surface area contributed by atoms with Crippen molar-refractivity contribution in [3.05, 3.63) is 23.3 Å². The second-order valence-electron chi connectivity index (χ2n) is 5.30. The molecule has 0 fully saturated rings. The molecule has 0 unspecified atom stereocenters. The van der Waals surface area contributed by atoms with Crippen LogP contribution < -0.4 is 0 Å². The molecule has 0 saturated heterocycles. The van der Waals surface area contributed by atoms with Gasteiger partial charge in [0.05, 0.1) is 7.11 Å². The molecule has 2 bridgehead atoms. The number of allylic oxidation sites excluding steroid dienone is 3. The predicted molar refractivity (Wildman–Crippen MR) is 63.8 cm³/mol. The summed E-state index contributed by atoms with van der Waals surface area (Å²) in [6, 6.07) is 0. The van der Waals surface area contributed by atoms with E-state index in [0.29, 0.717) is 17.8 Å². The first-order valence-corrected chi connectivity index (χ1v) is 6.03. The van der Waals surface area contributed by atoms with Crippen molar-refractivity contribution >= 4 is 5.97 Å². The van der Waals surface area contributed by atoms with E-state index in [-0.39, 0.29) is 11.9 Å². The van der Waals surface area contributed by atoms with E-state index in [4.69, 9.17) is 4.74 Å². The largest absolute Gasteiger partial charge is 0.466 e. The fourth-order valence-electron chi connectivity index (χ4n) is 3.01. The Bertz CT molecular complexity index is 363. The highest BCUT2D eigenvalue weighted by Crippen LogP contribution is 2.46. The molecule has 0 aromatic heterocycles. The van der Waals surface area contributed by atoms with Crippen LogP contribution in [0.3, 0.4) is 0 Å². The third-order valence-corrected chi connectivity index (χ3v) is 4.03. The Morgan fingerprint density at radius 1 is 1.44 bits per heavy atom. The summed E-state index contributed by atoms with van der Waals surface area (Å²) in [6.07, 6.45) is 5.57. The van der Waals surface area contributed by atoms with E-state index in [9.17, 15) is 4.79 Å². The van der Waals surface area contributed by atoms with Crippen LogP contribution in [-0.4, -0.2) is 13.1 Å². The molecule has 88 valence electrons. The highest BCUT2D eigenvalue weighted by atomic mass is 16.5. The van der Waals surface area contributed by atoms with Crippen LogP contribution in [0.15, 0.2) is 23.3 Å². The number of esters is 1. The topological polar surface area (TPSA) is 26.3 Å². The van der Waals surface area contributed by atoms with Crippen LogP contribution in [0.4, 0.5) is 0 Å². The van der Waals surface area contributed by atoms with Crippen molar-refractivity contribution in [3.8, 4) is 0 Å². The van der Waals surface area contributed by atoms with Crippen LogP contribution >= 0.6 is 0 Å². The predicted octanol–water partition coefficient (Wildman–Crippen LogP) is 2.95. The monoisotopic (exact) mass is 220 g/mol. The maximum Gasteiger partial charge on any atom is 0.334 e. The number of carbonyl (C=O) groups is 1. The quantitative estimate of drug-likeness (QED) is 0.528. The van der Waals surface area contributed by atoms with E-state index in [1.165, 1.54) is 19.1 Å². The molecule has 16 heavy (non-hydrogen) atoms. The molecular weight excluding hydrogens is 200 g/mol. The normalized spacial score (nSPS) is 32.4. The van der Waals surface area contributed by atoms with Crippen molar-refractivity contribution < 1.29 is 9.53 Å². The first kappa shape index (κ1) is 11.4. The number of hydrogen-bond acceptors (Lipinski definition) is 2. The summed E-state index contributed by atoms with van der Waals surface area (Å²) in [5, 5.41) is 0. The Morgan fingerprint density at radius 2 is 2.12 bits per heavy atom. The number of hydrogen-bond donors (Lipinski definition) is 0. The van der Waals surface area contributed by atoms with Crippen molar-refractivity contribution in [3.63, 3.8) is 0 Å². The van der Waals surface area contributed by atoms with Gasteiger partial charge in [-0.1, -0.05) is 31.6 Å². The third kappa shape index (κ3) is 1.70.